The fourth-order valence-electron chi connectivity index (χ4n) is 4.87. The van der Waals surface area contributed by atoms with Crippen molar-refractivity contribution in [3.8, 4) is 5.75 Å². The van der Waals surface area contributed by atoms with Crippen molar-refractivity contribution in [1.29, 1.82) is 0 Å². The van der Waals surface area contributed by atoms with E-state index in [-0.39, 0.29) is 17.6 Å². The summed E-state index contributed by atoms with van der Waals surface area (Å²) in [4.78, 5) is 40.7. The van der Waals surface area contributed by atoms with E-state index >= 15 is 0 Å². The van der Waals surface area contributed by atoms with Crippen LogP contribution in [0.2, 0.25) is 0 Å². The predicted octanol–water partition coefficient (Wildman–Crippen LogP) is 6.88. The number of ketones is 1. The molecule has 228 valence electrons. The first kappa shape index (κ1) is 32.0. The number of nitrogens with one attached hydrogen (secondary N) is 1. The Labute approximate surface area is 259 Å². The Bertz CT molecular complexity index is 1530. The number of carbonyl (C=O) groups excluding carboxylic acids is 3. The molecule has 1 unspecified atom stereocenters. The van der Waals surface area contributed by atoms with Gasteiger partial charge in [0.15, 0.2) is 5.78 Å². The molecular formula is C37H40N2O5. The smallest absolute Gasteiger partial charge is 0.328 e. The van der Waals surface area contributed by atoms with Crippen LogP contribution in [-0.2, 0) is 20.7 Å². The second-order valence-corrected chi connectivity index (χ2v) is 11.1. The number of methoxy groups -OCH3 is 1. The highest BCUT2D eigenvalue weighted by Gasteiger charge is 2.23. The van der Waals surface area contributed by atoms with Crippen LogP contribution < -0.4 is 15.0 Å². The van der Waals surface area contributed by atoms with Crippen molar-refractivity contribution in [3.63, 3.8) is 0 Å². The van der Waals surface area contributed by atoms with Gasteiger partial charge in [0.2, 0.25) is 5.91 Å². The lowest BCUT2D eigenvalue weighted by molar-refractivity contribution is -0.141. The zero-order valence-electron chi connectivity index (χ0n) is 25.8. The van der Waals surface area contributed by atoms with Crippen LogP contribution in [0.25, 0.3) is 0 Å². The minimum absolute atomic E-state index is 0.0659. The minimum atomic E-state index is -0.716. The molecule has 7 heteroatoms. The normalized spacial score (nSPS) is 11.5. The van der Waals surface area contributed by atoms with Gasteiger partial charge in [0.25, 0.3) is 0 Å². The molecule has 1 atom stereocenters. The lowest BCUT2D eigenvalue weighted by Gasteiger charge is -2.24. The molecule has 0 spiro atoms. The topological polar surface area (TPSA) is 84.9 Å². The molecule has 0 heterocycles. The summed E-state index contributed by atoms with van der Waals surface area (Å²) in [5, 5.41) is 3.24. The van der Waals surface area contributed by atoms with Crippen molar-refractivity contribution in [2.75, 3.05) is 30.5 Å². The van der Waals surface area contributed by atoms with E-state index in [0.717, 1.165) is 16.8 Å². The third-order valence-corrected chi connectivity index (χ3v) is 7.20. The standard InChI is InChI=1S/C37H40N2O5/c1-26(2)24-35(40)39(30-18-14-27(3)15-19-30)22-23-44-31-20-16-28(17-21-31)25-34(37(42)43-4)38-33-13-9-8-12-32(33)36(41)29-10-6-5-7-11-29/h5-21,26,34,38H,22-25H2,1-4H3. The summed E-state index contributed by atoms with van der Waals surface area (Å²) >= 11 is 0. The van der Waals surface area contributed by atoms with Crippen LogP contribution in [0.5, 0.6) is 5.75 Å². The number of hydrogen-bond donors (Lipinski definition) is 1. The van der Waals surface area contributed by atoms with Gasteiger partial charge in [0, 0.05) is 35.3 Å². The average molecular weight is 593 g/mol. The maximum Gasteiger partial charge on any atom is 0.328 e. The number of amides is 1. The van der Waals surface area contributed by atoms with E-state index in [9.17, 15) is 14.4 Å². The maximum atomic E-state index is 13.2. The molecule has 0 radical (unpaired) electrons. The average Bonchev–Trinajstić information content (AvgIpc) is 3.03. The number of esters is 1. The molecule has 0 bridgehead atoms. The molecule has 0 aliphatic heterocycles. The Morgan fingerprint density at radius 1 is 0.818 bits per heavy atom. The molecule has 1 N–H and O–H groups in total. The molecule has 4 aromatic carbocycles. The maximum absolute atomic E-state index is 13.2. The third-order valence-electron chi connectivity index (χ3n) is 7.20. The third kappa shape index (κ3) is 8.80. The zero-order valence-corrected chi connectivity index (χ0v) is 25.8. The SMILES string of the molecule is COC(=O)C(Cc1ccc(OCCN(C(=O)CC(C)C)c2ccc(C)cc2)cc1)Nc1ccccc1C(=O)c1ccccc1. The number of hydrogen-bond acceptors (Lipinski definition) is 6. The second-order valence-electron chi connectivity index (χ2n) is 11.1. The van der Waals surface area contributed by atoms with Crippen LogP contribution in [0.15, 0.2) is 103 Å². The first-order chi connectivity index (χ1) is 21.2. The van der Waals surface area contributed by atoms with Gasteiger partial charge in [-0.05, 0) is 54.8 Å². The molecule has 0 aliphatic carbocycles. The number of rotatable bonds is 14. The molecule has 4 rings (SSSR count). The van der Waals surface area contributed by atoms with Gasteiger partial charge >= 0.3 is 5.97 Å². The number of aryl methyl sites for hydroxylation is 1. The van der Waals surface area contributed by atoms with Crippen molar-refractivity contribution >= 4 is 29.0 Å². The fraction of sp³-hybridized carbons (Fsp3) is 0.270. The molecule has 44 heavy (non-hydrogen) atoms. The number of anilines is 2. The summed E-state index contributed by atoms with van der Waals surface area (Å²) in [5.41, 5.74) is 4.48. The molecule has 0 saturated carbocycles. The van der Waals surface area contributed by atoms with Crippen molar-refractivity contribution in [1.82, 2.24) is 0 Å². The predicted molar refractivity (Wildman–Crippen MR) is 174 cm³/mol. The fourth-order valence-corrected chi connectivity index (χ4v) is 4.87. The molecule has 0 aliphatic rings. The quantitative estimate of drug-likeness (QED) is 0.127. The van der Waals surface area contributed by atoms with E-state index < -0.39 is 12.0 Å². The van der Waals surface area contributed by atoms with Crippen LogP contribution in [-0.4, -0.2) is 44.0 Å². The summed E-state index contributed by atoms with van der Waals surface area (Å²) in [6.45, 7) is 6.84. The number of nitrogens with zero attached hydrogens (tertiary/aromatic N) is 1. The largest absolute Gasteiger partial charge is 0.492 e. The lowest BCUT2D eigenvalue weighted by Crippen LogP contribution is -2.35. The van der Waals surface area contributed by atoms with Crippen molar-refractivity contribution in [2.45, 2.75) is 39.7 Å². The van der Waals surface area contributed by atoms with Crippen LogP contribution in [0.4, 0.5) is 11.4 Å². The Kier molecular flexibility index (Phi) is 11.3. The lowest BCUT2D eigenvalue weighted by atomic mass is 10.00. The van der Waals surface area contributed by atoms with Gasteiger partial charge in [0.05, 0.1) is 13.7 Å². The van der Waals surface area contributed by atoms with Crippen molar-refractivity contribution < 1.29 is 23.9 Å². The van der Waals surface area contributed by atoms with Crippen molar-refractivity contribution in [3.05, 3.63) is 125 Å². The first-order valence-corrected chi connectivity index (χ1v) is 14.9. The molecule has 0 aromatic heterocycles. The number of carbonyl (C=O) groups is 3. The monoisotopic (exact) mass is 592 g/mol. The number of benzene rings is 4. The van der Waals surface area contributed by atoms with Gasteiger partial charge in [-0.2, -0.15) is 0 Å². The van der Waals surface area contributed by atoms with E-state index in [0.29, 0.717) is 48.6 Å². The molecule has 7 nitrogen and oxygen atoms in total. The highest BCUT2D eigenvalue weighted by atomic mass is 16.5. The van der Waals surface area contributed by atoms with Gasteiger partial charge in [0.1, 0.15) is 18.4 Å². The van der Waals surface area contributed by atoms with E-state index in [1.807, 2.05) is 93.6 Å². The molecule has 1 amide bonds. The highest BCUT2D eigenvalue weighted by Crippen LogP contribution is 2.23. The van der Waals surface area contributed by atoms with Gasteiger partial charge < -0.3 is 19.7 Å². The van der Waals surface area contributed by atoms with Gasteiger partial charge in [-0.15, -0.1) is 0 Å². The summed E-state index contributed by atoms with van der Waals surface area (Å²) < 4.78 is 11.1. The number of ether oxygens (including phenoxy) is 2. The van der Waals surface area contributed by atoms with Crippen LogP contribution in [0.3, 0.4) is 0 Å². The summed E-state index contributed by atoms with van der Waals surface area (Å²) in [6.07, 6.45) is 0.800. The van der Waals surface area contributed by atoms with Gasteiger partial charge in [-0.3, -0.25) is 9.59 Å². The van der Waals surface area contributed by atoms with E-state index in [2.05, 4.69) is 5.32 Å². The Morgan fingerprint density at radius 3 is 2.14 bits per heavy atom. The van der Waals surface area contributed by atoms with E-state index in [4.69, 9.17) is 9.47 Å². The summed E-state index contributed by atoms with van der Waals surface area (Å²) in [5.74, 6) is 0.414. The van der Waals surface area contributed by atoms with Crippen molar-refractivity contribution in [2.24, 2.45) is 5.92 Å². The summed E-state index contributed by atoms with van der Waals surface area (Å²) in [6, 6.07) is 30.9. The Hall–Kier alpha value is -4.91. The Morgan fingerprint density at radius 2 is 1.48 bits per heavy atom. The van der Waals surface area contributed by atoms with Crippen LogP contribution in [0, 0.1) is 12.8 Å². The second kappa shape index (κ2) is 15.5. The molecule has 0 saturated heterocycles. The van der Waals surface area contributed by atoms with Gasteiger partial charge in [-0.25, -0.2) is 4.79 Å². The van der Waals surface area contributed by atoms with E-state index in [1.165, 1.54) is 7.11 Å². The Balaban J connectivity index is 1.41. The van der Waals surface area contributed by atoms with Crippen LogP contribution in [0.1, 0.15) is 47.3 Å². The molecule has 4 aromatic rings. The van der Waals surface area contributed by atoms with E-state index in [1.54, 1.807) is 35.2 Å². The minimum Gasteiger partial charge on any atom is -0.492 e. The molecular weight excluding hydrogens is 552 g/mol. The summed E-state index contributed by atoms with van der Waals surface area (Å²) in [7, 11) is 1.35. The highest BCUT2D eigenvalue weighted by molar-refractivity contribution is 6.12. The zero-order chi connectivity index (χ0) is 31.5. The first-order valence-electron chi connectivity index (χ1n) is 14.9. The molecule has 0 fully saturated rings. The number of para-hydroxylation sites is 1. The van der Waals surface area contributed by atoms with Gasteiger partial charge in [-0.1, -0.05) is 86.1 Å². The van der Waals surface area contributed by atoms with Crippen LogP contribution >= 0.6 is 0 Å².